The maximum atomic E-state index is 11.8. The standard InChI is InChI=1S/C12H13N3O4/c1-12(19,11(17)18)6-13-10(16)7-2-3-8-5-14-15-9(8)4-7/h2-5,19H,6H2,1H3,(H,13,16)(H,14,15)(H,17,18). The summed E-state index contributed by atoms with van der Waals surface area (Å²) in [6.07, 6.45) is 1.63. The normalized spacial score (nSPS) is 14.0. The Labute approximate surface area is 108 Å². The van der Waals surface area contributed by atoms with Crippen LogP contribution >= 0.6 is 0 Å². The lowest BCUT2D eigenvalue weighted by molar-refractivity contribution is -0.155. The van der Waals surface area contributed by atoms with E-state index in [4.69, 9.17) is 5.11 Å². The number of hydrogen-bond acceptors (Lipinski definition) is 4. The number of carboxylic acids is 1. The van der Waals surface area contributed by atoms with Crippen LogP contribution in [0.2, 0.25) is 0 Å². The van der Waals surface area contributed by atoms with Crippen LogP contribution in [0.15, 0.2) is 24.4 Å². The number of hydrogen-bond donors (Lipinski definition) is 4. The van der Waals surface area contributed by atoms with Crippen molar-refractivity contribution < 1.29 is 19.8 Å². The van der Waals surface area contributed by atoms with Gasteiger partial charge in [0.25, 0.3) is 5.91 Å². The van der Waals surface area contributed by atoms with Gasteiger partial charge in [-0.1, -0.05) is 6.07 Å². The lowest BCUT2D eigenvalue weighted by Gasteiger charge is -2.18. The van der Waals surface area contributed by atoms with Crippen molar-refractivity contribution in [1.29, 1.82) is 0 Å². The molecule has 7 nitrogen and oxygen atoms in total. The van der Waals surface area contributed by atoms with Crippen LogP contribution in [-0.2, 0) is 4.79 Å². The third-order valence-electron chi connectivity index (χ3n) is 2.76. The largest absolute Gasteiger partial charge is 0.479 e. The number of amides is 1. The van der Waals surface area contributed by atoms with Gasteiger partial charge in [-0.25, -0.2) is 4.79 Å². The van der Waals surface area contributed by atoms with Crippen LogP contribution < -0.4 is 5.32 Å². The van der Waals surface area contributed by atoms with Crippen molar-refractivity contribution in [2.24, 2.45) is 0 Å². The summed E-state index contributed by atoms with van der Waals surface area (Å²) in [4.78, 5) is 22.5. The molecule has 0 spiro atoms. The minimum Gasteiger partial charge on any atom is -0.479 e. The number of nitrogens with one attached hydrogen (secondary N) is 2. The first-order valence-electron chi connectivity index (χ1n) is 5.57. The molecule has 4 N–H and O–H groups in total. The SMILES string of the molecule is CC(O)(CNC(=O)c1ccc2cn[nH]c2c1)C(=O)O. The van der Waals surface area contributed by atoms with Crippen LogP contribution in [0.25, 0.3) is 10.9 Å². The minimum atomic E-state index is -1.99. The monoisotopic (exact) mass is 263 g/mol. The number of rotatable bonds is 4. The second-order valence-electron chi connectivity index (χ2n) is 4.43. The first-order valence-corrected chi connectivity index (χ1v) is 5.57. The number of aromatic nitrogens is 2. The molecule has 0 aliphatic carbocycles. The summed E-state index contributed by atoms with van der Waals surface area (Å²) in [7, 11) is 0. The van der Waals surface area contributed by atoms with E-state index < -0.39 is 17.5 Å². The molecule has 1 amide bonds. The highest BCUT2D eigenvalue weighted by atomic mass is 16.4. The molecule has 1 heterocycles. The molecule has 0 fully saturated rings. The van der Waals surface area contributed by atoms with Crippen LogP contribution in [-0.4, -0.2) is 44.4 Å². The summed E-state index contributed by atoms with van der Waals surface area (Å²) < 4.78 is 0. The number of nitrogens with zero attached hydrogens (tertiary/aromatic N) is 1. The summed E-state index contributed by atoms with van der Waals surface area (Å²) in [5.41, 5.74) is -0.927. The van der Waals surface area contributed by atoms with Crippen LogP contribution in [0.5, 0.6) is 0 Å². The molecular formula is C12H13N3O4. The maximum Gasteiger partial charge on any atom is 0.337 e. The Morgan fingerprint density at radius 2 is 2.21 bits per heavy atom. The van der Waals surface area contributed by atoms with Gasteiger partial charge in [-0.15, -0.1) is 0 Å². The molecule has 1 aromatic heterocycles. The topological polar surface area (TPSA) is 115 Å². The van der Waals surface area contributed by atoms with Gasteiger partial charge in [-0.05, 0) is 19.1 Å². The molecule has 0 aliphatic heterocycles. The highest BCUT2D eigenvalue weighted by molar-refractivity contribution is 5.98. The summed E-state index contributed by atoms with van der Waals surface area (Å²) in [6.45, 7) is 0.746. The molecule has 0 radical (unpaired) electrons. The quantitative estimate of drug-likeness (QED) is 0.625. The number of aliphatic hydroxyl groups is 1. The zero-order valence-corrected chi connectivity index (χ0v) is 10.2. The summed E-state index contributed by atoms with van der Waals surface area (Å²) in [5.74, 6) is -1.85. The second kappa shape index (κ2) is 4.69. The fourth-order valence-corrected chi connectivity index (χ4v) is 1.51. The van der Waals surface area contributed by atoms with Gasteiger partial charge < -0.3 is 15.5 Å². The van der Waals surface area contributed by atoms with Crippen LogP contribution in [0.1, 0.15) is 17.3 Å². The van der Waals surface area contributed by atoms with Crippen molar-refractivity contribution in [3.8, 4) is 0 Å². The average Bonchev–Trinajstić information content (AvgIpc) is 2.82. The summed E-state index contributed by atoms with van der Waals surface area (Å²) in [6, 6.07) is 4.93. The number of carbonyl (C=O) groups is 2. The van der Waals surface area contributed by atoms with Crippen LogP contribution in [0.4, 0.5) is 0 Å². The average molecular weight is 263 g/mol. The smallest absolute Gasteiger partial charge is 0.337 e. The van der Waals surface area contributed by atoms with E-state index in [0.29, 0.717) is 11.1 Å². The van der Waals surface area contributed by atoms with E-state index in [1.54, 1.807) is 24.4 Å². The van der Waals surface area contributed by atoms with E-state index in [1.807, 2.05) is 0 Å². The molecule has 0 bridgehead atoms. The molecule has 1 atom stereocenters. The van der Waals surface area contributed by atoms with Crippen molar-refractivity contribution in [2.75, 3.05) is 6.54 Å². The molecule has 0 aliphatic rings. The number of benzene rings is 1. The third-order valence-corrected chi connectivity index (χ3v) is 2.76. The number of carbonyl (C=O) groups excluding carboxylic acids is 1. The third kappa shape index (κ3) is 2.71. The number of fused-ring (bicyclic) bond motifs is 1. The fourth-order valence-electron chi connectivity index (χ4n) is 1.51. The molecule has 19 heavy (non-hydrogen) atoms. The Balaban J connectivity index is 2.09. The molecule has 2 aromatic rings. The van der Waals surface area contributed by atoms with Gasteiger partial charge in [0, 0.05) is 10.9 Å². The van der Waals surface area contributed by atoms with E-state index in [9.17, 15) is 14.7 Å². The zero-order chi connectivity index (χ0) is 14.0. The van der Waals surface area contributed by atoms with Gasteiger partial charge in [-0.2, -0.15) is 5.10 Å². The Hall–Kier alpha value is -2.41. The lowest BCUT2D eigenvalue weighted by Crippen LogP contribution is -2.46. The van der Waals surface area contributed by atoms with E-state index in [-0.39, 0.29) is 6.54 Å². The molecule has 2 rings (SSSR count). The maximum absolute atomic E-state index is 11.8. The molecule has 0 saturated carbocycles. The summed E-state index contributed by atoms with van der Waals surface area (Å²) in [5, 5.41) is 28.0. The number of aromatic amines is 1. The van der Waals surface area contributed by atoms with Gasteiger partial charge in [0.05, 0.1) is 18.3 Å². The highest BCUT2D eigenvalue weighted by Gasteiger charge is 2.30. The van der Waals surface area contributed by atoms with Crippen molar-refractivity contribution in [1.82, 2.24) is 15.5 Å². The van der Waals surface area contributed by atoms with Crippen molar-refractivity contribution in [3.05, 3.63) is 30.0 Å². The van der Waals surface area contributed by atoms with Crippen LogP contribution in [0, 0.1) is 0 Å². The molecule has 0 saturated heterocycles. The molecule has 7 heteroatoms. The second-order valence-corrected chi connectivity index (χ2v) is 4.43. The fraction of sp³-hybridized carbons (Fsp3) is 0.250. The highest BCUT2D eigenvalue weighted by Crippen LogP contribution is 2.12. The number of carboxylic acid groups (broad SMARTS) is 1. The molecule has 1 aromatic carbocycles. The van der Waals surface area contributed by atoms with Crippen molar-refractivity contribution in [3.63, 3.8) is 0 Å². The van der Waals surface area contributed by atoms with Gasteiger partial charge in [0.2, 0.25) is 0 Å². The van der Waals surface area contributed by atoms with E-state index in [1.165, 1.54) is 0 Å². The van der Waals surface area contributed by atoms with Gasteiger partial charge in [0.1, 0.15) is 0 Å². The Kier molecular flexibility index (Phi) is 3.22. The predicted octanol–water partition coefficient (Wildman–Crippen LogP) is 0.128. The van der Waals surface area contributed by atoms with E-state index in [2.05, 4.69) is 15.5 Å². The van der Waals surface area contributed by atoms with Crippen molar-refractivity contribution in [2.45, 2.75) is 12.5 Å². The molecule has 100 valence electrons. The number of H-pyrrole nitrogens is 1. The lowest BCUT2D eigenvalue weighted by atomic mass is 10.1. The van der Waals surface area contributed by atoms with Crippen LogP contribution in [0.3, 0.4) is 0 Å². The zero-order valence-electron chi connectivity index (χ0n) is 10.2. The molecular weight excluding hydrogens is 250 g/mol. The Morgan fingerprint density at radius 1 is 1.47 bits per heavy atom. The first kappa shape index (κ1) is 13.0. The first-order chi connectivity index (χ1) is 8.90. The number of aliphatic carboxylic acids is 1. The van der Waals surface area contributed by atoms with Gasteiger partial charge in [-0.3, -0.25) is 9.89 Å². The minimum absolute atomic E-state index is 0.359. The van der Waals surface area contributed by atoms with Crippen molar-refractivity contribution >= 4 is 22.8 Å². The van der Waals surface area contributed by atoms with Gasteiger partial charge >= 0.3 is 5.97 Å². The van der Waals surface area contributed by atoms with Gasteiger partial charge in [0.15, 0.2) is 5.60 Å². The van der Waals surface area contributed by atoms with E-state index >= 15 is 0 Å². The molecule has 1 unspecified atom stereocenters. The summed E-state index contributed by atoms with van der Waals surface area (Å²) >= 11 is 0. The predicted molar refractivity (Wildman–Crippen MR) is 66.7 cm³/mol. The Bertz CT molecular complexity index is 633. The van der Waals surface area contributed by atoms with E-state index in [0.717, 1.165) is 12.3 Å². The Morgan fingerprint density at radius 3 is 2.89 bits per heavy atom.